The van der Waals surface area contributed by atoms with Gasteiger partial charge in [-0.3, -0.25) is 4.79 Å². The van der Waals surface area contributed by atoms with E-state index in [0.29, 0.717) is 18.0 Å². The molecule has 4 rings (SSSR count). The van der Waals surface area contributed by atoms with Crippen LogP contribution in [0.15, 0.2) is 72.0 Å². The van der Waals surface area contributed by atoms with E-state index in [1.807, 2.05) is 52.1 Å². The third-order valence-electron chi connectivity index (χ3n) is 5.23. The number of carbonyl (C=O) groups excluding carboxylic acids is 1. The number of thioether (sulfide) groups is 1. The summed E-state index contributed by atoms with van der Waals surface area (Å²) >= 11 is 1.44. The molecule has 1 amide bonds. The Kier molecular flexibility index (Phi) is 6.71. The van der Waals surface area contributed by atoms with Gasteiger partial charge in [-0.25, -0.2) is 4.98 Å². The van der Waals surface area contributed by atoms with Crippen LogP contribution in [0.4, 0.5) is 5.69 Å². The number of para-hydroxylation sites is 1. The summed E-state index contributed by atoms with van der Waals surface area (Å²) in [5.41, 5.74) is 2.99. The van der Waals surface area contributed by atoms with E-state index >= 15 is 0 Å². The molecule has 1 aliphatic rings. The largest absolute Gasteiger partial charge is 0.390 e. The van der Waals surface area contributed by atoms with E-state index in [2.05, 4.69) is 34.1 Å². The molecule has 3 aromatic rings. The summed E-state index contributed by atoms with van der Waals surface area (Å²) in [7, 11) is 0. The van der Waals surface area contributed by atoms with Crippen LogP contribution in [0.2, 0.25) is 0 Å². The molecular weight excluding hydrogens is 396 g/mol. The number of imidazole rings is 1. The first-order valence-corrected chi connectivity index (χ1v) is 11.1. The standard InChI is InChI=1S/C23H26N4O2S/c28-17-20-16-27(15-19-7-3-1-4-8-19)23(24-20)30-18-22(29)26-13-11-25(12-14-26)21-9-5-2-6-10-21/h1-10,16,28H,11-15,17-18H2. The van der Waals surface area contributed by atoms with Gasteiger partial charge in [0.05, 0.1) is 18.1 Å². The van der Waals surface area contributed by atoms with Gasteiger partial charge in [-0.2, -0.15) is 0 Å². The molecule has 1 aliphatic heterocycles. The zero-order valence-corrected chi connectivity index (χ0v) is 17.7. The number of anilines is 1. The van der Waals surface area contributed by atoms with E-state index in [9.17, 15) is 9.90 Å². The number of hydrogen-bond donors (Lipinski definition) is 1. The molecule has 1 N–H and O–H groups in total. The molecule has 0 bridgehead atoms. The van der Waals surface area contributed by atoms with Gasteiger partial charge in [-0.15, -0.1) is 0 Å². The molecule has 0 radical (unpaired) electrons. The molecule has 2 aromatic carbocycles. The highest BCUT2D eigenvalue weighted by atomic mass is 32.2. The van der Waals surface area contributed by atoms with Crippen molar-refractivity contribution >= 4 is 23.4 Å². The number of piperazine rings is 1. The number of aromatic nitrogens is 2. The van der Waals surface area contributed by atoms with E-state index in [-0.39, 0.29) is 12.5 Å². The average molecular weight is 423 g/mol. The van der Waals surface area contributed by atoms with Crippen LogP contribution in [0.1, 0.15) is 11.3 Å². The van der Waals surface area contributed by atoms with Crippen molar-refractivity contribution in [2.45, 2.75) is 18.3 Å². The molecule has 7 heteroatoms. The molecule has 0 saturated carbocycles. The molecule has 0 spiro atoms. The van der Waals surface area contributed by atoms with E-state index in [0.717, 1.165) is 36.9 Å². The molecule has 0 aliphatic carbocycles. The van der Waals surface area contributed by atoms with E-state index in [1.54, 1.807) is 0 Å². The number of amides is 1. The SMILES string of the molecule is O=C(CSc1nc(CO)cn1Cc1ccccc1)N1CCN(c2ccccc2)CC1. The number of nitrogens with zero attached hydrogens (tertiary/aromatic N) is 4. The number of benzene rings is 2. The Bertz CT molecular complexity index is 954. The first-order chi connectivity index (χ1) is 14.7. The quantitative estimate of drug-likeness (QED) is 0.594. The van der Waals surface area contributed by atoms with Gasteiger partial charge in [0.15, 0.2) is 5.16 Å². The Balaban J connectivity index is 1.33. The minimum absolute atomic E-state index is 0.106. The lowest BCUT2D eigenvalue weighted by atomic mass is 10.2. The van der Waals surface area contributed by atoms with Gasteiger partial charge in [0.25, 0.3) is 0 Å². The van der Waals surface area contributed by atoms with Gasteiger partial charge in [-0.1, -0.05) is 60.3 Å². The van der Waals surface area contributed by atoms with Crippen LogP contribution in [-0.4, -0.2) is 57.4 Å². The second kappa shape index (κ2) is 9.82. The maximum Gasteiger partial charge on any atom is 0.233 e. The van der Waals surface area contributed by atoms with Crippen molar-refractivity contribution in [2.24, 2.45) is 0 Å². The predicted octanol–water partition coefficient (Wildman–Crippen LogP) is 2.86. The van der Waals surface area contributed by atoms with Crippen molar-refractivity contribution in [3.8, 4) is 0 Å². The van der Waals surface area contributed by atoms with Gasteiger partial charge in [0.2, 0.25) is 5.91 Å². The fourth-order valence-electron chi connectivity index (χ4n) is 3.61. The molecule has 2 heterocycles. The normalized spacial score (nSPS) is 14.2. The van der Waals surface area contributed by atoms with Gasteiger partial charge in [0, 0.05) is 44.6 Å². The monoisotopic (exact) mass is 422 g/mol. The van der Waals surface area contributed by atoms with Crippen molar-refractivity contribution in [1.29, 1.82) is 0 Å². The summed E-state index contributed by atoms with van der Waals surface area (Å²) in [5, 5.41) is 10.2. The van der Waals surface area contributed by atoms with Gasteiger partial charge < -0.3 is 19.5 Å². The summed E-state index contributed by atoms with van der Waals surface area (Å²) < 4.78 is 2.01. The number of carbonyl (C=O) groups is 1. The summed E-state index contributed by atoms with van der Waals surface area (Å²) in [4.78, 5) is 21.5. The third kappa shape index (κ3) is 5.04. The number of aliphatic hydroxyl groups is 1. The fraction of sp³-hybridized carbons (Fsp3) is 0.304. The zero-order chi connectivity index (χ0) is 20.8. The molecule has 1 saturated heterocycles. The Labute approximate surface area is 181 Å². The van der Waals surface area contributed by atoms with Crippen LogP contribution in [0.3, 0.4) is 0 Å². The van der Waals surface area contributed by atoms with Crippen molar-refractivity contribution in [2.75, 3.05) is 36.8 Å². The molecule has 1 aromatic heterocycles. The first-order valence-electron chi connectivity index (χ1n) is 10.1. The molecular formula is C23H26N4O2S. The van der Waals surface area contributed by atoms with Gasteiger partial charge in [-0.05, 0) is 17.7 Å². The topological polar surface area (TPSA) is 61.6 Å². The average Bonchev–Trinajstić information content (AvgIpc) is 3.20. The third-order valence-corrected chi connectivity index (χ3v) is 6.20. The minimum atomic E-state index is -0.106. The Morgan fingerprint density at radius 2 is 1.63 bits per heavy atom. The molecule has 156 valence electrons. The van der Waals surface area contributed by atoms with Crippen LogP contribution in [0.25, 0.3) is 0 Å². The number of rotatable bonds is 7. The Morgan fingerprint density at radius 1 is 0.967 bits per heavy atom. The fourth-order valence-corrected chi connectivity index (χ4v) is 4.51. The van der Waals surface area contributed by atoms with Crippen molar-refractivity contribution in [3.63, 3.8) is 0 Å². The summed E-state index contributed by atoms with van der Waals surface area (Å²) in [5.74, 6) is 0.481. The highest BCUT2D eigenvalue weighted by Gasteiger charge is 2.22. The van der Waals surface area contributed by atoms with Gasteiger partial charge >= 0.3 is 0 Å². The molecule has 1 fully saturated rings. The smallest absolute Gasteiger partial charge is 0.233 e. The molecule has 6 nitrogen and oxygen atoms in total. The lowest BCUT2D eigenvalue weighted by molar-refractivity contribution is -0.128. The number of aliphatic hydroxyl groups excluding tert-OH is 1. The minimum Gasteiger partial charge on any atom is -0.390 e. The lowest BCUT2D eigenvalue weighted by Crippen LogP contribution is -2.49. The second-order valence-corrected chi connectivity index (χ2v) is 8.22. The summed E-state index contributed by atoms with van der Waals surface area (Å²) in [6.45, 7) is 3.71. The Hall–Kier alpha value is -2.77. The molecule has 0 atom stereocenters. The molecule has 0 unspecified atom stereocenters. The summed E-state index contributed by atoms with van der Waals surface area (Å²) in [6.07, 6.45) is 1.86. The van der Waals surface area contributed by atoms with Crippen LogP contribution in [0.5, 0.6) is 0 Å². The predicted molar refractivity (Wildman–Crippen MR) is 120 cm³/mol. The maximum absolute atomic E-state index is 12.8. The number of hydrogen-bond acceptors (Lipinski definition) is 5. The molecule has 30 heavy (non-hydrogen) atoms. The van der Waals surface area contributed by atoms with E-state index in [1.165, 1.54) is 17.4 Å². The van der Waals surface area contributed by atoms with Crippen LogP contribution < -0.4 is 4.90 Å². The summed E-state index contributed by atoms with van der Waals surface area (Å²) in [6, 6.07) is 20.4. The van der Waals surface area contributed by atoms with Crippen molar-refractivity contribution < 1.29 is 9.90 Å². The zero-order valence-electron chi connectivity index (χ0n) is 16.9. The van der Waals surface area contributed by atoms with Crippen molar-refractivity contribution in [3.05, 3.63) is 78.1 Å². The lowest BCUT2D eigenvalue weighted by Gasteiger charge is -2.36. The van der Waals surface area contributed by atoms with E-state index in [4.69, 9.17) is 0 Å². The van der Waals surface area contributed by atoms with Crippen molar-refractivity contribution in [1.82, 2.24) is 14.5 Å². The first kappa shape index (κ1) is 20.5. The van der Waals surface area contributed by atoms with E-state index < -0.39 is 0 Å². The maximum atomic E-state index is 12.8. The van der Waals surface area contributed by atoms with Gasteiger partial charge in [0.1, 0.15) is 0 Å². The highest BCUT2D eigenvalue weighted by molar-refractivity contribution is 7.99. The highest BCUT2D eigenvalue weighted by Crippen LogP contribution is 2.21. The van der Waals surface area contributed by atoms with Crippen LogP contribution in [0, 0.1) is 0 Å². The second-order valence-electron chi connectivity index (χ2n) is 7.28. The Morgan fingerprint density at radius 3 is 2.30 bits per heavy atom. The van der Waals surface area contributed by atoms with Crippen LogP contribution >= 0.6 is 11.8 Å². The van der Waals surface area contributed by atoms with Crippen LogP contribution in [-0.2, 0) is 17.9 Å².